The topological polar surface area (TPSA) is 92.7 Å². The molecule has 0 fully saturated rings. The molecule has 6 nitrogen and oxygen atoms in total. The maximum Gasteiger partial charge on any atom is 0.264 e. The molecule has 1 atom stereocenters. The highest BCUT2D eigenvalue weighted by atomic mass is 32.2. The molecule has 0 aromatic heterocycles. The van der Waals surface area contributed by atoms with Crippen molar-refractivity contribution in [1.29, 1.82) is 0 Å². The van der Waals surface area contributed by atoms with E-state index in [1.807, 2.05) is 27.7 Å². The predicted molar refractivity (Wildman–Crippen MR) is 78.2 cm³/mol. The van der Waals surface area contributed by atoms with E-state index >= 15 is 0 Å². The molecule has 120 valence electrons. The molecule has 2 N–H and O–H groups in total. The second kappa shape index (κ2) is 7.38. The molecule has 0 aromatic carbocycles. The van der Waals surface area contributed by atoms with Crippen LogP contribution in [0.15, 0.2) is 0 Å². The van der Waals surface area contributed by atoms with E-state index in [-0.39, 0.29) is 23.6 Å². The van der Waals surface area contributed by atoms with Crippen molar-refractivity contribution in [2.24, 2.45) is 0 Å². The van der Waals surface area contributed by atoms with E-state index in [4.69, 9.17) is 9.29 Å². The van der Waals surface area contributed by atoms with Crippen LogP contribution in [0.2, 0.25) is 0 Å². The van der Waals surface area contributed by atoms with Gasteiger partial charge >= 0.3 is 0 Å². The summed E-state index contributed by atoms with van der Waals surface area (Å²) < 4.78 is 36.2. The van der Waals surface area contributed by atoms with Gasteiger partial charge in [-0.15, -0.1) is 0 Å². The van der Waals surface area contributed by atoms with Gasteiger partial charge in [0, 0.05) is 19.1 Å². The Morgan fingerprint density at radius 3 is 2.20 bits per heavy atom. The third kappa shape index (κ3) is 9.28. The van der Waals surface area contributed by atoms with Gasteiger partial charge in [-0.1, -0.05) is 6.92 Å². The zero-order valence-corrected chi connectivity index (χ0v) is 13.8. The summed E-state index contributed by atoms with van der Waals surface area (Å²) in [6, 6.07) is 0. The van der Waals surface area contributed by atoms with Crippen LogP contribution in [0.1, 0.15) is 53.9 Å². The fourth-order valence-electron chi connectivity index (χ4n) is 1.79. The molecule has 0 aliphatic rings. The number of amides is 1. The van der Waals surface area contributed by atoms with Gasteiger partial charge in [0.2, 0.25) is 5.91 Å². The lowest BCUT2D eigenvalue weighted by atomic mass is 9.98. The largest absolute Gasteiger partial charge is 0.375 e. The van der Waals surface area contributed by atoms with Crippen molar-refractivity contribution >= 4 is 16.0 Å². The number of hydrogen-bond acceptors (Lipinski definition) is 4. The molecule has 0 saturated heterocycles. The van der Waals surface area contributed by atoms with Crippen LogP contribution in [0.5, 0.6) is 0 Å². The van der Waals surface area contributed by atoms with Crippen LogP contribution in [0.25, 0.3) is 0 Å². The Kier molecular flexibility index (Phi) is 7.13. The first-order valence-corrected chi connectivity index (χ1v) is 8.38. The smallest absolute Gasteiger partial charge is 0.264 e. The number of carbonyl (C=O) groups is 1. The molecule has 0 aromatic rings. The molecule has 0 aliphatic heterocycles. The summed E-state index contributed by atoms with van der Waals surface area (Å²) in [6.07, 6.45) is 1.50. The van der Waals surface area contributed by atoms with Gasteiger partial charge in [-0.2, -0.15) is 8.42 Å². The molecule has 1 unspecified atom stereocenters. The maximum atomic E-state index is 11.0. The second-order valence-corrected chi connectivity index (χ2v) is 7.58. The predicted octanol–water partition coefficient (Wildman–Crippen LogP) is 1.75. The van der Waals surface area contributed by atoms with Crippen molar-refractivity contribution in [2.45, 2.75) is 65.0 Å². The Morgan fingerprint density at radius 2 is 1.80 bits per heavy atom. The summed E-state index contributed by atoms with van der Waals surface area (Å²) in [5.41, 5.74) is -0.967. The first-order valence-electron chi connectivity index (χ1n) is 6.77. The zero-order valence-electron chi connectivity index (χ0n) is 13.0. The van der Waals surface area contributed by atoms with E-state index < -0.39 is 15.7 Å². The van der Waals surface area contributed by atoms with Crippen LogP contribution in [0.3, 0.4) is 0 Å². The quantitative estimate of drug-likeness (QED) is 0.633. The van der Waals surface area contributed by atoms with Crippen molar-refractivity contribution in [3.63, 3.8) is 0 Å². The lowest BCUT2D eigenvalue weighted by Crippen LogP contribution is -2.44. The average molecular weight is 309 g/mol. The maximum absolute atomic E-state index is 11.0. The molecule has 0 aliphatic carbocycles. The van der Waals surface area contributed by atoms with Crippen LogP contribution in [0, 0.1) is 0 Å². The normalized spacial score (nSPS) is 15.7. The number of ether oxygens (including phenoxy) is 1. The monoisotopic (exact) mass is 309 g/mol. The van der Waals surface area contributed by atoms with Crippen molar-refractivity contribution in [3.8, 4) is 0 Å². The van der Waals surface area contributed by atoms with E-state index in [0.29, 0.717) is 19.4 Å². The molecule has 7 heteroatoms. The van der Waals surface area contributed by atoms with Crippen molar-refractivity contribution < 1.29 is 22.5 Å². The first-order chi connectivity index (χ1) is 8.89. The lowest BCUT2D eigenvalue weighted by Gasteiger charge is -2.31. The van der Waals surface area contributed by atoms with Crippen molar-refractivity contribution in [2.75, 3.05) is 12.4 Å². The minimum Gasteiger partial charge on any atom is -0.375 e. The van der Waals surface area contributed by atoms with E-state index in [9.17, 15) is 13.2 Å². The third-order valence-electron chi connectivity index (χ3n) is 3.33. The van der Waals surface area contributed by atoms with Gasteiger partial charge < -0.3 is 10.1 Å². The molecule has 0 saturated carbocycles. The molecular weight excluding hydrogens is 282 g/mol. The summed E-state index contributed by atoms with van der Waals surface area (Å²) >= 11 is 0. The lowest BCUT2D eigenvalue weighted by molar-refractivity contribution is -0.120. The minimum atomic E-state index is -3.97. The molecule has 0 spiro atoms. The van der Waals surface area contributed by atoms with E-state index in [2.05, 4.69) is 5.32 Å². The summed E-state index contributed by atoms with van der Waals surface area (Å²) in [5, 5.41) is 2.82. The third-order valence-corrected chi connectivity index (χ3v) is 4.05. The molecular formula is C13H27NO5S. The van der Waals surface area contributed by atoms with E-state index in [1.165, 1.54) is 6.92 Å². The minimum absolute atomic E-state index is 0.0976. The Labute approximate surface area is 122 Å². The van der Waals surface area contributed by atoms with Gasteiger partial charge in [0.1, 0.15) is 0 Å². The highest BCUT2D eigenvalue weighted by Gasteiger charge is 2.27. The summed E-state index contributed by atoms with van der Waals surface area (Å²) in [5.74, 6) is -0.411. The number of rotatable bonds is 9. The Morgan fingerprint density at radius 1 is 1.25 bits per heavy atom. The van der Waals surface area contributed by atoms with E-state index in [0.717, 1.165) is 0 Å². The van der Waals surface area contributed by atoms with Crippen LogP contribution < -0.4 is 5.32 Å². The average Bonchev–Trinajstić information content (AvgIpc) is 2.23. The number of hydrogen-bond donors (Lipinski definition) is 2. The van der Waals surface area contributed by atoms with Crippen LogP contribution in [-0.2, 0) is 19.6 Å². The summed E-state index contributed by atoms with van der Waals surface area (Å²) in [4.78, 5) is 11.0. The Bertz CT molecular complexity index is 418. The molecule has 0 radical (unpaired) electrons. The Hall–Kier alpha value is -0.660. The van der Waals surface area contributed by atoms with Gasteiger partial charge in [0.25, 0.3) is 10.1 Å². The van der Waals surface area contributed by atoms with Gasteiger partial charge in [-0.3, -0.25) is 9.35 Å². The second-order valence-electron chi connectivity index (χ2n) is 6.00. The van der Waals surface area contributed by atoms with Crippen molar-refractivity contribution in [3.05, 3.63) is 0 Å². The number of carbonyl (C=O) groups excluding carboxylic acids is 1. The van der Waals surface area contributed by atoms with Crippen molar-refractivity contribution in [1.82, 2.24) is 5.32 Å². The summed E-state index contributed by atoms with van der Waals surface area (Å²) in [7, 11) is -3.97. The SMILES string of the molecule is CCC(C)(CCS(=O)(=O)O)OCCC(C)(C)NC(C)=O. The van der Waals surface area contributed by atoms with Gasteiger partial charge in [-0.05, 0) is 40.0 Å². The molecule has 20 heavy (non-hydrogen) atoms. The van der Waals surface area contributed by atoms with Crippen LogP contribution in [-0.4, -0.2) is 42.4 Å². The molecule has 0 rings (SSSR count). The fourth-order valence-corrected chi connectivity index (χ4v) is 2.48. The highest BCUT2D eigenvalue weighted by molar-refractivity contribution is 7.85. The van der Waals surface area contributed by atoms with Crippen LogP contribution >= 0.6 is 0 Å². The Balaban J connectivity index is 4.34. The fraction of sp³-hybridized carbons (Fsp3) is 0.923. The van der Waals surface area contributed by atoms with Crippen LogP contribution in [0.4, 0.5) is 0 Å². The number of nitrogens with one attached hydrogen (secondary N) is 1. The standard InChI is InChI=1S/C13H27NO5S/c1-6-13(5,8-10-20(16,17)18)19-9-7-12(3,4)14-11(2)15/h6-10H2,1-5H3,(H,14,15)(H,16,17,18). The summed E-state index contributed by atoms with van der Waals surface area (Å²) in [6.45, 7) is 9.40. The van der Waals surface area contributed by atoms with Gasteiger partial charge in [-0.25, -0.2) is 0 Å². The molecule has 0 bridgehead atoms. The van der Waals surface area contributed by atoms with Gasteiger partial charge in [0.05, 0.1) is 11.4 Å². The highest BCUT2D eigenvalue weighted by Crippen LogP contribution is 2.22. The first kappa shape index (κ1) is 19.3. The molecule has 1 amide bonds. The van der Waals surface area contributed by atoms with Gasteiger partial charge in [0.15, 0.2) is 0 Å². The van der Waals surface area contributed by atoms with E-state index in [1.54, 1.807) is 0 Å². The molecule has 0 heterocycles. The zero-order chi connectivity index (χ0) is 16.0.